The van der Waals surface area contributed by atoms with E-state index >= 15 is 0 Å². The van der Waals surface area contributed by atoms with Crippen molar-refractivity contribution in [1.29, 1.82) is 0 Å². The summed E-state index contributed by atoms with van der Waals surface area (Å²) in [6.07, 6.45) is 9.83. The molecule has 0 aliphatic heterocycles. The van der Waals surface area contributed by atoms with Crippen LogP contribution in [0.2, 0.25) is 0 Å². The summed E-state index contributed by atoms with van der Waals surface area (Å²) in [5.41, 5.74) is 2.72. The SMILES string of the molecule is CCC(C)c1cccnc1.CCC(C)c1ccncc1. The number of aromatic nitrogens is 2. The van der Waals surface area contributed by atoms with E-state index in [-0.39, 0.29) is 0 Å². The molecule has 0 radical (unpaired) electrons. The van der Waals surface area contributed by atoms with Gasteiger partial charge in [-0.15, -0.1) is 0 Å². The third kappa shape index (κ3) is 5.52. The molecule has 2 aromatic heterocycles. The molecule has 2 atom stereocenters. The topological polar surface area (TPSA) is 25.8 Å². The average Bonchev–Trinajstić information content (AvgIpc) is 2.55. The molecule has 0 bridgehead atoms. The minimum absolute atomic E-state index is 0.647. The molecule has 2 rings (SSSR count). The molecule has 2 unspecified atom stereocenters. The highest BCUT2D eigenvalue weighted by Gasteiger charge is 2.00. The molecule has 0 fully saturated rings. The van der Waals surface area contributed by atoms with Crippen molar-refractivity contribution >= 4 is 0 Å². The summed E-state index contributed by atoms with van der Waals surface area (Å²) in [4.78, 5) is 8.02. The van der Waals surface area contributed by atoms with E-state index in [1.165, 1.54) is 24.0 Å². The fourth-order valence-electron chi connectivity index (χ4n) is 1.83. The van der Waals surface area contributed by atoms with E-state index in [4.69, 9.17) is 0 Å². The normalized spacial score (nSPS) is 13.0. The summed E-state index contributed by atoms with van der Waals surface area (Å²) < 4.78 is 0. The zero-order valence-corrected chi connectivity index (χ0v) is 13.1. The van der Waals surface area contributed by atoms with Crippen LogP contribution in [0.25, 0.3) is 0 Å². The molecule has 0 aliphatic rings. The van der Waals surface area contributed by atoms with Crippen LogP contribution in [0.3, 0.4) is 0 Å². The van der Waals surface area contributed by atoms with E-state index in [0.717, 1.165) is 0 Å². The van der Waals surface area contributed by atoms with Crippen LogP contribution in [0.4, 0.5) is 0 Å². The van der Waals surface area contributed by atoms with Crippen LogP contribution in [-0.2, 0) is 0 Å². The van der Waals surface area contributed by atoms with Crippen LogP contribution in [0, 0.1) is 0 Å². The van der Waals surface area contributed by atoms with Crippen molar-refractivity contribution in [3.63, 3.8) is 0 Å². The third-order valence-electron chi connectivity index (χ3n) is 3.75. The van der Waals surface area contributed by atoms with Crippen molar-refractivity contribution < 1.29 is 0 Å². The lowest BCUT2D eigenvalue weighted by Gasteiger charge is -2.06. The first kappa shape index (κ1) is 16.4. The lowest BCUT2D eigenvalue weighted by atomic mass is 10.0. The van der Waals surface area contributed by atoms with Crippen LogP contribution in [0.15, 0.2) is 49.1 Å². The van der Waals surface area contributed by atoms with Gasteiger partial charge < -0.3 is 0 Å². The van der Waals surface area contributed by atoms with Gasteiger partial charge in [0.2, 0.25) is 0 Å². The van der Waals surface area contributed by atoms with Crippen LogP contribution in [-0.4, -0.2) is 9.97 Å². The van der Waals surface area contributed by atoms with Crippen molar-refractivity contribution in [3.05, 3.63) is 60.2 Å². The second kappa shape index (κ2) is 9.24. The standard InChI is InChI=1S/2C9H13N/c1-3-8(2)9-4-6-10-7-5-9;1-3-8(2)9-5-4-6-10-7-9/h2*4-8H,3H2,1-2H3. The fourth-order valence-corrected chi connectivity index (χ4v) is 1.83. The number of rotatable bonds is 4. The molecular weight excluding hydrogens is 244 g/mol. The lowest BCUT2D eigenvalue weighted by Crippen LogP contribution is -1.90. The zero-order valence-electron chi connectivity index (χ0n) is 13.1. The monoisotopic (exact) mass is 270 g/mol. The minimum Gasteiger partial charge on any atom is -0.265 e. The smallest absolute Gasteiger partial charge is 0.0302 e. The largest absolute Gasteiger partial charge is 0.265 e. The molecule has 0 amide bonds. The molecule has 2 heterocycles. The second-order valence-corrected chi connectivity index (χ2v) is 5.19. The number of hydrogen-bond acceptors (Lipinski definition) is 2. The van der Waals surface area contributed by atoms with E-state index in [2.05, 4.69) is 55.9 Å². The molecular formula is C18H26N2. The second-order valence-electron chi connectivity index (χ2n) is 5.19. The van der Waals surface area contributed by atoms with E-state index < -0.39 is 0 Å². The van der Waals surface area contributed by atoms with Crippen LogP contribution >= 0.6 is 0 Å². The Balaban J connectivity index is 0.000000200. The van der Waals surface area contributed by atoms with Gasteiger partial charge in [0, 0.05) is 24.8 Å². The Hall–Kier alpha value is -1.70. The maximum Gasteiger partial charge on any atom is 0.0302 e. The number of pyridine rings is 2. The average molecular weight is 270 g/mol. The predicted octanol–water partition coefficient (Wildman–Crippen LogP) is 5.19. The van der Waals surface area contributed by atoms with Gasteiger partial charge in [-0.05, 0) is 54.0 Å². The molecule has 0 aliphatic carbocycles. The highest BCUT2D eigenvalue weighted by atomic mass is 14.6. The van der Waals surface area contributed by atoms with Gasteiger partial charge in [0.25, 0.3) is 0 Å². The van der Waals surface area contributed by atoms with Crippen LogP contribution in [0.5, 0.6) is 0 Å². The van der Waals surface area contributed by atoms with Crippen molar-refractivity contribution in [2.75, 3.05) is 0 Å². The van der Waals surface area contributed by atoms with Gasteiger partial charge in [-0.1, -0.05) is 33.8 Å². The molecule has 108 valence electrons. The van der Waals surface area contributed by atoms with E-state index in [9.17, 15) is 0 Å². The summed E-state index contributed by atoms with van der Waals surface area (Å²) in [6.45, 7) is 8.84. The van der Waals surface area contributed by atoms with Crippen molar-refractivity contribution in [2.24, 2.45) is 0 Å². The molecule has 0 saturated carbocycles. The fraction of sp³-hybridized carbons (Fsp3) is 0.444. The van der Waals surface area contributed by atoms with Crippen molar-refractivity contribution in [1.82, 2.24) is 9.97 Å². The van der Waals surface area contributed by atoms with Gasteiger partial charge in [-0.3, -0.25) is 9.97 Å². The molecule has 20 heavy (non-hydrogen) atoms. The minimum atomic E-state index is 0.647. The maximum absolute atomic E-state index is 4.05. The van der Waals surface area contributed by atoms with Gasteiger partial charge in [0.05, 0.1) is 0 Å². The number of nitrogens with zero attached hydrogens (tertiary/aromatic N) is 2. The molecule has 2 aromatic rings. The Kier molecular flexibility index (Phi) is 7.56. The Morgan fingerprint density at radius 2 is 1.40 bits per heavy atom. The van der Waals surface area contributed by atoms with Gasteiger partial charge in [-0.25, -0.2) is 0 Å². The Labute approximate surface area is 123 Å². The highest BCUT2D eigenvalue weighted by molar-refractivity contribution is 5.14. The van der Waals surface area contributed by atoms with Gasteiger partial charge >= 0.3 is 0 Å². The lowest BCUT2D eigenvalue weighted by molar-refractivity contribution is 0.729. The summed E-state index contributed by atoms with van der Waals surface area (Å²) in [7, 11) is 0. The Bertz CT molecular complexity index is 408. The molecule has 0 aromatic carbocycles. The summed E-state index contributed by atoms with van der Waals surface area (Å²) in [6, 6.07) is 8.27. The number of hydrogen-bond donors (Lipinski definition) is 0. The van der Waals surface area contributed by atoms with Gasteiger partial charge in [-0.2, -0.15) is 0 Å². The van der Waals surface area contributed by atoms with Crippen LogP contribution < -0.4 is 0 Å². The molecule has 0 N–H and O–H groups in total. The first-order valence-corrected chi connectivity index (χ1v) is 7.48. The molecule has 0 saturated heterocycles. The van der Waals surface area contributed by atoms with Crippen molar-refractivity contribution in [3.8, 4) is 0 Å². The zero-order chi connectivity index (χ0) is 14.8. The maximum atomic E-state index is 4.05. The highest BCUT2D eigenvalue weighted by Crippen LogP contribution is 2.16. The molecule has 2 nitrogen and oxygen atoms in total. The summed E-state index contributed by atoms with van der Waals surface area (Å²) in [5, 5.41) is 0. The van der Waals surface area contributed by atoms with E-state index in [1.807, 2.05) is 30.9 Å². The quantitative estimate of drug-likeness (QED) is 0.764. The summed E-state index contributed by atoms with van der Waals surface area (Å²) in [5.74, 6) is 1.32. The van der Waals surface area contributed by atoms with Gasteiger partial charge in [0.15, 0.2) is 0 Å². The van der Waals surface area contributed by atoms with Crippen LogP contribution in [0.1, 0.15) is 63.5 Å². The predicted molar refractivity (Wildman–Crippen MR) is 85.9 cm³/mol. The first-order valence-electron chi connectivity index (χ1n) is 7.48. The molecule has 2 heteroatoms. The summed E-state index contributed by atoms with van der Waals surface area (Å²) >= 11 is 0. The Morgan fingerprint density at radius 1 is 0.800 bits per heavy atom. The van der Waals surface area contributed by atoms with E-state index in [0.29, 0.717) is 11.8 Å². The van der Waals surface area contributed by atoms with Crippen molar-refractivity contribution in [2.45, 2.75) is 52.4 Å². The molecule has 0 spiro atoms. The third-order valence-corrected chi connectivity index (χ3v) is 3.75. The first-order chi connectivity index (χ1) is 9.69. The van der Waals surface area contributed by atoms with Gasteiger partial charge in [0.1, 0.15) is 0 Å². The van der Waals surface area contributed by atoms with E-state index in [1.54, 1.807) is 0 Å². The Morgan fingerprint density at radius 3 is 1.90 bits per heavy atom.